The van der Waals surface area contributed by atoms with Crippen LogP contribution in [-0.2, 0) is 36.2 Å². The molecule has 0 N–H and O–H groups in total. The van der Waals surface area contributed by atoms with Crippen molar-refractivity contribution in [1.82, 2.24) is 0 Å². The van der Waals surface area contributed by atoms with Gasteiger partial charge in [0.15, 0.2) is 0 Å². The molecule has 0 aliphatic heterocycles. The van der Waals surface area contributed by atoms with E-state index in [0.717, 1.165) is 0 Å². The minimum atomic E-state index is 0. The number of halogens is 2. The summed E-state index contributed by atoms with van der Waals surface area (Å²) in [6, 6.07) is 44.9. The summed E-state index contributed by atoms with van der Waals surface area (Å²) in [7, 11) is 0. The SMILES string of the molecule is CC1(Cc2cc3c(-c4ccccc4)cccc3[cH-]2)CCCCCCC1.CC1(Cc2cc3c(-c4ccccc4)cccc3[cH-]2)CCCCCCC1.Cl.Cl.[CH3-].[CH3-].[Si]=[Zr]. The molecule has 6 aromatic carbocycles. The Morgan fingerprint density at radius 1 is 0.464 bits per heavy atom. The molecule has 0 saturated heterocycles. The van der Waals surface area contributed by atoms with E-state index in [-0.39, 0.29) is 39.7 Å². The van der Waals surface area contributed by atoms with Crippen molar-refractivity contribution in [3.05, 3.63) is 147 Å². The van der Waals surface area contributed by atoms with Crippen molar-refractivity contribution in [3.63, 3.8) is 0 Å². The standard InChI is InChI=1S/2C25H29.2CH3.2ClH.Si.Zr/c2*1-25(15-8-3-2-4-9-16-25)19-20-17-22-13-10-14-23(24(22)18-20)21-11-6-5-7-12-21;;;;;;/h2*5-7,10-14,17-18H,2-4,8-9,15-16,19H2,1H3;2*1H3;2*1H;;/q4*-1;;;;. The van der Waals surface area contributed by atoms with Gasteiger partial charge in [0.25, 0.3) is 0 Å². The van der Waals surface area contributed by atoms with Crippen molar-refractivity contribution in [2.24, 2.45) is 10.8 Å². The summed E-state index contributed by atoms with van der Waals surface area (Å²) in [6.45, 7) is 8.11. The molecule has 0 heterocycles. The monoisotopic (exact) mass is 878 g/mol. The van der Waals surface area contributed by atoms with Crippen molar-refractivity contribution in [2.45, 2.75) is 117 Å². The van der Waals surface area contributed by atoms with Crippen LogP contribution in [0.2, 0.25) is 0 Å². The number of fused-ring (bicyclic) bond motifs is 2. The van der Waals surface area contributed by atoms with Crippen molar-refractivity contribution in [1.29, 1.82) is 0 Å². The average Bonchev–Trinajstić information content (AvgIpc) is 3.76. The average molecular weight is 881 g/mol. The van der Waals surface area contributed by atoms with Crippen LogP contribution in [-0.4, -0.2) is 6.88 Å². The van der Waals surface area contributed by atoms with Gasteiger partial charge in [-0.05, 0) is 60.5 Å². The number of hydrogen-bond acceptors (Lipinski definition) is 0. The van der Waals surface area contributed by atoms with Crippen LogP contribution in [0, 0.1) is 25.7 Å². The Balaban J connectivity index is 0.000000347. The molecule has 0 amide bonds. The molecule has 2 aliphatic carbocycles. The molecular formula is C52H66Cl2SiZr-4. The van der Waals surface area contributed by atoms with E-state index in [1.165, 1.54) is 181 Å². The summed E-state index contributed by atoms with van der Waals surface area (Å²) in [5.74, 6) is 0. The van der Waals surface area contributed by atoms with E-state index in [1.807, 2.05) is 0 Å². The molecule has 0 spiro atoms. The summed E-state index contributed by atoms with van der Waals surface area (Å²) in [5.41, 5.74) is 9.40. The summed E-state index contributed by atoms with van der Waals surface area (Å²) < 4.78 is 0. The number of hydrogen-bond donors (Lipinski definition) is 0. The maximum atomic E-state index is 3.06. The van der Waals surface area contributed by atoms with E-state index in [4.69, 9.17) is 0 Å². The van der Waals surface area contributed by atoms with Gasteiger partial charge < -0.3 is 14.9 Å². The van der Waals surface area contributed by atoms with E-state index >= 15 is 0 Å². The van der Waals surface area contributed by atoms with Crippen molar-refractivity contribution in [2.75, 3.05) is 0 Å². The minimum absolute atomic E-state index is 0. The first kappa shape index (κ1) is 49.9. The van der Waals surface area contributed by atoms with Crippen LogP contribution < -0.4 is 0 Å². The van der Waals surface area contributed by atoms with Crippen LogP contribution in [0.4, 0.5) is 0 Å². The topological polar surface area (TPSA) is 0 Å². The van der Waals surface area contributed by atoms with Crippen LogP contribution in [0.15, 0.2) is 121 Å². The van der Waals surface area contributed by atoms with Crippen LogP contribution in [0.3, 0.4) is 0 Å². The van der Waals surface area contributed by atoms with Crippen LogP contribution in [0.1, 0.15) is 115 Å². The Hall–Kier alpha value is -2.22. The molecule has 2 saturated carbocycles. The van der Waals surface area contributed by atoms with Crippen molar-refractivity contribution in [3.8, 4) is 22.3 Å². The fourth-order valence-electron chi connectivity index (χ4n) is 9.39. The molecule has 2 aliphatic rings. The molecule has 6 aromatic rings. The zero-order valence-corrected chi connectivity index (χ0v) is 39.8. The predicted octanol–water partition coefficient (Wildman–Crippen LogP) is 16.4. The third-order valence-electron chi connectivity index (χ3n) is 12.2. The maximum absolute atomic E-state index is 3.06. The third-order valence-corrected chi connectivity index (χ3v) is 12.2. The Morgan fingerprint density at radius 3 is 1.12 bits per heavy atom. The van der Waals surface area contributed by atoms with Crippen molar-refractivity contribution >= 4 is 53.2 Å². The van der Waals surface area contributed by atoms with Gasteiger partial charge in [0.2, 0.25) is 0 Å². The summed E-state index contributed by atoms with van der Waals surface area (Å²) in [6.07, 6.45) is 22.2. The van der Waals surface area contributed by atoms with Gasteiger partial charge in [-0.25, -0.2) is 0 Å². The summed E-state index contributed by atoms with van der Waals surface area (Å²) in [5, 5.41) is 5.62. The first-order chi connectivity index (χ1) is 25.5. The Kier molecular flexibility index (Phi) is 22.0. The van der Waals surface area contributed by atoms with Crippen LogP contribution >= 0.6 is 24.8 Å². The first-order valence-electron chi connectivity index (χ1n) is 20.2. The molecule has 56 heavy (non-hydrogen) atoms. The Bertz CT molecular complexity index is 1810. The molecule has 0 unspecified atom stereocenters. The van der Waals surface area contributed by atoms with E-state index in [0.29, 0.717) is 10.8 Å². The fraction of sp³-hybridized carbons (Fsp3) is 0.385. The quantitative estimate of drug-likeness (QED) is 0.115. The first-order valence-corrected chi connectivity index (χ1v) is 24.4. The molecule has 0 bridgehead atoms. The van der Waals surface area contributed by atoms with Gasteiger partial charge in [-0.2, -0.15) is 12.1 Å². The van der Waals surface area contributed by atoms with Gasteiger partial charge >= 0.3 is 30.2 Å². The third kappa shape index (κ3) is 13.4. The zero-order chi connectivity index (χ0) is 36.2. The fourth-order valence-corrected chi connectivity index (χ4v) is 9.39. The molecular weight excluding hydrogens is 815 g/mol. The van der Waals surface area contributed by atoms with Gasteiger partial charge in [0.1, 0.15) is 0 Å². The summed E-state index contributed by atoms with van der Waals surface area (Å²) in [4.78, 5) is 0. The molecule has 0 atom stereocenters. The second-order valence-corrected chi connectivity index (χ2v) is 16.6. The van der Waals surface area contributed by atoms with Crippen molar-refractivity contribution < 1.29 is 23.3 Å². The molecule has 8 rings (SSSR count). The second kappa shape index (κ2) is 24.6. The van der Waals surface area contributed by atoms with E-state index in [2.05, 4.69) is 142 Å². The number of benzene rings is 4. The molecule has 0 nitrogen and oxygen atoms in total. The Labute approximate surface area is 370 Å². The van der Waals surface area contributed by atoms with Gasteiger partial charge in [-0.15, -0.1) is 93.9 Å². The molecule has 2 fully saturated rings. The van der Waals surface area contributed by atoms with Crippen LogP contribution in [0.25, 0.3) is 43.8 Å². The summed E-state index contributed by atoms with van der Waals surface area (Å²) >= 11 is 1.36. The zero-order valence-electron chi connectivity index (χ0n) is 34.7. The van der Waals surface area contributed by atoms with Gasteiger partial charge in [-0.3, -0.25) is 0 Å². The molecule has 4 heteroatoms. The van der Waals surface area contributed by atoms with E-state index < -0.39 is 0 Å². The normalized spacial score (nSPS) is 16.1. The second-order valence-electron chi connectivity index (χ2n) is 16.6. The molecule has 300 valence electrons. The van der Waals surface area contributed by atoms with Gasteiger partial charge in [-0.1, -0.05) is 162 Å². The van der Waals surface area contributed by atoms with E-state index in [1.54, 1.807) is 0 Å². The predicted molar refractivity (Wildman–Crippen MR) is 251 cm³/mol. The van der Waals surface area contributed by atoms with Gasteiger partial charge in [0.05, 0.1) is 0 Å². The van der Waals surface area contributed by atoms with Crippen LogP contribution in [0.5, 0.6) is 0 Å². The Morgan fingerprint density at radius 2 is 0.786 bits per heavy atom. The molecule has 2 radical (unpaired) electrons. The van der Waals surface area contributed by atoms with E-state index in [9.17, 15) is 0 Å². The molecule has 0 aromatic heterocycles. The van der Waals surface area contributed by atoms with Gasteiger partial charge in [0, 0.05) is 0 Å². The number of rotatable bonds is 6.